The van der Waals surface area contributed by atoms with Gasteiger partial charge in [0.2, 0.25) is 0 Å². The number of fused-ring (bicyclic) bond motifs is 10. The first-order valence-corrected chi connectivity index (χ1v) is 15.3. The van der Waals surface area contributed by atoms with Crippen LogP contribution in [0.5, 0.6) is 0 Å². The molecule has 0 bridgehead atoms. The van der Waals surface area contributed by atoms with Crippen LogP contribution < -0.4 is 10.4 Å². The summed E-state index contributed by atoms with van der Waals surface area (Å²) >= 11 is 0. The minimum absolute atomic E-state index is 0.135. The van der Waals surface area contributed by atoms with E-state index in [-0.39, 0.29) is 11.3 Å². The first-order chi connectivity index (χ1) is 21.4. The summed E-state index contributed by atoms with van der Waals surface area (Å²) in [4.78, 5) is 2.50. The Balaban J connectivity index is 1.24. The molecule has 2 aliphatic carbocycles. The molecule has 3 aliphatic rings. The summed E-state index contributed by atoms with van der Waals surface area (Å²) < 4.78 is 6.43. The van der Waals surface area contributed by atoms with Crippen molar-refractivity contribution in [3.8, 4) is 11.1 Å². The number of hydrogen-bond acceptors (Lipinski definition) is 4. The highest BCUT2D eigenvalue weighted by atomic mass is 16.4. The van der Waals surface area contributed by atoms with Gasteiger partial charge in [-0.2, -0.15) is 0 Å². The van der Waals surface area contributed by atoms with Gasteiger partial charge < -0.3 is 19.4 Å². The molecule has 9 rings (SSSR count). The Bertz CT molecular complexity index is 2220. The molecule has 0 saturated carbocycles. The van der Waals surface area contributed by atoms with E-state index in [1.54, 1.807) is 6.07 Å². The predicted octanol–water partition coefficient (Wildman–Crippen LogP) is 8.18. The Kier molecular flexibility index (Phi) is 5.30. The van der Waals surface area contributed by atoms with Gasteiger partial charge in [-0.25, -0.2) is 0 Å². The van der Waals surface area contributed by atoms with Crippen LogP contribution in [-0.2, 0) is 5.41 Å². The topological polar surface area (TPSA) is 56.8 Å². The van der Waals surface area contributed by atoms with Gasteiger partial charge in [-0.3, -0.25) is 0 Å². The average molecular weight is 571 g/mol. The summed E-state index contributed by atoms with van der Waals surface area (Å²) in [6.07, 6.45) is 5.37. The largest absolute Gasteiger partial charge is 0.492 e. The third-order valence-electron chi connectivity index (χ3n) is 10.0. The van der Waals surface area contributed by atoms with Crippen LogP contribution in [0.25, 0.3) is 38.6 Å². The van der Waals surface area contributed by atoms with Crippen LogP contribution in [-0.4, -0.2) is 17.2 Å². The molecule has 2 N–H and O–H groups in total. The SMILES string of the molecule is CC1(C)c2ccccc2-c2ccc3c(c21)N(c1ccccc1)C1=CC=C(c2cccc4c2oc2c(B(O)O)cccc24)CC13. The van der Waals surface area contributed by atoms with Gasteiger partial charge in [0.1, 0.15) is 11.2 Å². The summed E-state index contributed by atoms with van der Waals surface area (Å²) in [6, 6.07) is 36.1. The summed E-state index contributed by atoms with van der Waals surface area (Å²) in [5.41, 5.74) is 14.4. The normalized spacial score (nSPS) is 17.6. The van der Waals surface area contributed by atoms with E-state index < -0.39 is 7.12 Å². The molecule has 1 atom stereocenters. The number of hydrogen-bond donors (Lipinski definition) is 2. The van der Waals surface area contributed by atoms with Crippen molar-refractivity contribution in [2.75, 3.05) is 4.90 Å². The Labute approximate surface area is 256 Å². The van der Waals surface area contributed by atoms with E-state index in [4.69, 9.17) is 4.42 Å². The minimum atomic E-state index is -1.60. The lowest BCUT2D eigenvalue weighted by molar-refractivity contribution is 0.425. The molecule has 0 amide bonds. The second-order valence-electron chi connectivity index (χ2n) is 12.7. The van der Waals surface area contributed by atoms with Gasteiger partial charge >= 0.3 is 7.12 Å². The number of benzene rings is 5. The minimum Gasteiger partial charge on any atom is -0.456 e. The lowest BCUT2D eigenvalue weighted by Crippen LogP contribution is -2.29. The Morgan fingerprint density at radius 2 is 1.45 bits per heavy atom. The second kappa shape index (κ2) is 9.09. The standard InChI is InChI=1S/C39H30BNO3/c1-39(2)32-16-7-6-12-26(32)27-19-20-28-31-22-23(18-21-34(31)41(36(28)35(27)39)24-10-4-3-5-11-24)25-13-8-14-29-30-15-9-17-33(40(42)43)38(30)44-37(25)29/h3-21,31,42-43H,22H2,1-2H3. The number of para-hydroxylation sites is 3. The first-order valence-electron chi connectivity index (χ1n) is 15.3. The molecule has 44 heavy (non-hydrogen) atoms. The third-order valence-corrected chi connectivity index (χ3v) is 10.0. The van der Waals surface area contributed by atoms with Gasteiger partial charge in [0.15, 0.2) is 0 Å². The molecule has 0 spiro atoms. The van der Waals surface area contributed by atoms with E-state index in [2.05, 4.69) is 110 Å². The van der Waals surface area contributed by atoms with E-state index in [0.29, 0.717) is 11.0 Å². The number of rotatable bonds is 3. The molecule has 1 unspecified atom stereocenters. The summed E-state index contributed by atoms with van der Waals surface area (Å²) in [5, 5.41) is 21.9. The maximum absolute atomic E-state index is 10.0. The number of nitrogens with zero attached hydrogens (tertiary/aromatic N) is 1. The van der Waals surface area contributed by atoms with E-state index in [9.17, 15) is 10.0 Å². The van der Waals surface area contributed by atoms with Crippen molar-refractivity contribution in [2.24, 2.45) is 0 Å². The maximum atomic E-state index is 10.0. The third kappa shape index (κ3) is 3.37. The highest BCUT2D eigenvalue weighted by Gasteiger charge is 2.45. The van der Waals surface area contributed by atoms with Crippen molar-refractivity contribution in [2.45, 2.75) is 31.6 Å². The average Bonchev–Trinajstić information content (AvgIpc) is 3.67. The van der Waals surface area contributed by atoms with E-state index in [0.717, 1.165) is 28.3 Å². The number of furan rings is 1. The van der Waals surface area contributed by atoms with E-state index in [1.165, 1.54) is 50.5 Å². The molecule has 0 fully saturated rings. The van der Waals surface area contributed by atoms with Crippen molar-refractivity contribution in [1.82, 2.24) is 0 Å². The van der Waals surface area contributed by atoms with Crippen molar-refractivity contribution in [3.63, 3.8) is 0 Å². The Hall–Kier alpha value is -4.84. The van der Waals surface area contributed by atoms with Gasteiger partial charge in [-0.15, -0.1) is 0 Å². The summed E-state index contributed by atoms with van der Waals surface area (Å²) in [5.74, 6) is 0.185. The van der Waals surface area contributed by atoms with Gasteiger partial charge in [-0.1, -0.05) is 111 Å². The zero-order valence-electron chi connectivity index (χ0n) is 24.6. The zero-order valence-corrected chi connectivity index (χ0v) is 24.6. The fraction of sp³-hybridized carbons (Fsp3) is 0.128. The summed E-state index contributed by atoms with van der Waals surface area (Å²) in [6.45, 7) is 4.72. The van der Waals surface area contributed by atoms with Crippen LogP contribution in [0.2, 0.25) is 0 Å². The highest BCUT2D eigenvalue weighted by Crippen LogP contribution is 2.61. The number of anilines is 2. The molecule has 0 saturated heterocycles. The highest BCUT2D eigenvalue weighted by molar-refractivity contribution is 6.61. The molecule has 5 heteroatoms. The Morgan fingerprint density at radius 1 is 0.727 bits per heavy atom. The molecule has 4 nitrogen and oxygen atoms in total. The molecule has 6 aromatic rings. The first kappa shape index (κ1) is 25.6. The van der Waals surface area contributed by atoms with Crippen LogP contribution in [0.4, 0.5) is 11.4 Å². The van der Waals surface area contributed by atoms with Gasteiger partial charge in [0.25, 0.3) is 0 Å². The van der Waals surface area contributed by atoms with Gasteiger partial charge in [-0.05, 0) is 58.0 Å². The lowest BCUT2D eigenvalue weighted by atomic mass is 9.79. The van der Waals surface area contributed by atoms with Crippen molar-refractivity contribution in [1.29, 1.82) is 0 Å². The fourth-order valence-electron chi connectivity index (χ4n) is 8.06. The zero-order chi connectivity index (χ0) is 29.7. The van der Waals surface area contributed by atoms with Crippen molar-refractivity contribution >= 4 is 51.5 Å². The lowest BCUT2D eigenvalue weighted by Gasteiger charge is -2.30. The molecule has 212 valence electrons. The fourth-order valence-corrected chi connectivity index (χ4v) is 8.06. The van der Waals surface area contributed by atoms with Gasteiger partial charge in [0, 0.05) is 44.5 Å². The molecule has 1 aliphatic heterocycles. The van der Waals surface area contributed by atoms with Crippen LogP contribution in [0.15, 0.2) is 125 Å². The van der Waals surface area contributed by atoms with Crippen molar-refractivity contribution in [3.05, 3.63) is 143 Å². The Morgan fingerprint density at radius 3 is 2.27 bits per heavy atom. The number of allylic oxidation sites excluding steroid dienone is 4. The molecule has 1 aromatic heterocycles. The monoisotopic (exact) mass is 571 g/mol. The van der Waals surface area contributed by atoms with Crippen LogP contribution in [0.3, 0.4) is 0 Å². The molecular formula is C39H30BNO3. The molecule has 0 radical (unpaired) electrons. The smallest absolute Gasteiger partial charge is 0.456 e. The molecule has 5 aromatic carbocycles. The second-order valence-corrected chi connectivity index (χ2v) is 12.7. The maximum Gasteiger partial charge on any atom is 0.492 e. The summed E-state index contributed by atoms with van der Waals surface area (Å²) in [7, 11) is -1.60. The van der Waals surface area contributed by atoms with Crippen LogP contribution in [0, 0.1) is 0 Å². The van der Waals surface area contributed by atoms with E-state index >= 15 is 0 Å². The molecular weight excluding hydrogens is 541 g/mol. The quantitative estimate of drug-likeness (QED) is 0.211. The molecule has 2 heterocycles. The van der Waals surface area contributed by atoms with Crippen molar-refractivity contribution < 1.29 is 14.5 Å². The van der Waals surface area contributed by atoms with Crippen LogP contribution in [0.1, 0.15) is 48.4 Å². The van der Waals surface area contributed by atoms with E-state index in [1.807, 2.05) is 18.2 Å². The van der Waals surface area contributed by atoms with Gasteiger partial charge in [0.05, 0.1) is 5.69 Å². The predicted molar refractivity (Wildman–Crippen MR) is 180 cm³/mol. The van der Waals surface area contributed by atoms with Crippen LogP contribution >= 0.6 is 0 Å².